The summed E-state index contributed by atoms with van der Waals surface area (Å²) in [5.74, 6) is 1.98. The minimum Gasteiger partial charge on any atom is -0.357 e. The number of fused-ring (bicyclic) bond motifs is 1. The lowest BCUT2D eigenvalue weighted by molar-refractivity contribution is 0.662. The third kappa shape index (κ3) is 2.16. The summed E-state index contributed by atoms with van der Waals surface area (Å²) in [5, 5.41) is 1.05. The van der Waals surface area contributed by atoms with Crippen molar-refractivity contribution in [1.29, 1.82) is 0 Å². The van der Waals surface area contributed by atoms with Crippen LogP contribution >= 0.6 is 0 Å². The number of hydrogen-bond donors (Lipinski definition) is 1. The van der Waals surface area contributed by atoms with Crippen molar-refractivity contribution in [2.45, 2.75) is 13.5 Å². The molecule has 0 unspecified atom stereocenters. The van der Waals surface area contributed by atoms with Gasteiger partial charge in [-0.2, -0.15) is 0 Å². The molecule has 0 bridgehead atoms. The number of anilines is 1. The monoisotopic (exact) mass is 256 g/mol. The van der Waals surface area contributed by atoms with E-state index in [1.54, 1.807) is 6.33 Å². The summed E-state index contributed by atoms with van der Waals surface area (Å²) in [5.41, 5.74) is 0.871. The summed E-state index contributed by atoms with van der Waals surface area (Å²) in [7, 11) is 2.04. The first-order valence-corrected chi connectivity index (χ1v) is 6.22. The first-order chi connectivity index (χ1) is 9.25. The molecule has 3 aromatic rings. The van der Waals surface area contributed by atoms with E-state index in [9.17, 15) is 0 Å². The lowest BCUT2D eigenvalue weighted by Gasteiger charge is -2.19. The van der Waals surface area contributed by atoms with Crippen molar-refractivity contribution in [3.8, 4) is 0 Å². The van der Waals surface area contributed by atoms with E-state index in [1.807, 2.05) is 38.6 Å². The molecule has 0 saturated heterocycles. The number of nitrogens with zero attached hydrogens (tertiary/aromatic N) is 5. The van der Waals surface area contributed by atoms with E-state index in [2.05, 4.69) is 29.4 Å². The fourth-order valence-electron chi connectivity index (χ4n) is 2.17. The van der Waals surface area contributed by atoms with Gasteiger partial charge in [-0.05, 0) is 13.0 Å². The van der Waals surface area contributed by atoms with Gasteiger partial charge in [0.1, 0.15) is 23.6 Å². The van der Waals surface area contributed by atoms with Crippen LogP contribution in [-0.4, -0.2) is 38.1 Å². The van der Waals surface area contributed by atoms with Crippen molar-refractivity contribution < 1.29 is 0 Å². The third-order valence-corrected chi connectivity index (χ3v) is 3.29. The molecule has 0 atom stereocenters. The van der Waals surface area contributed by atoms with Gasteiger partial charge in [0.2, 0.25) is 0 Å². The van der Waals surface area contributed by atoms with Crippen LogP contribution in [0.25, 0.3) is 11.0 Å². The first kappa shape index (κ1) is 11.7. The smallest absolute Gasteiger partial charge is 0.142 e. The zero-order valence-electron chi connectivity index (χ0n) is 11.0. The molecule has 6 heteroatoms. The minimum atomic E-state index is 0.870. The van der Waals surface area contributed by atoms with Crippen LogP contribution in [0.2, 0.25) is 0 Å². The summed E-state index contributed by atoms with van der Waals surface area (Å²) < 4.78 is 2.13. The summed E-state index contributed by atoms with van der Waals surface area (Å²) >= 11 is 0. The Labute approximate surface area is 111 Å². The predicted molar refractivity (Wildman–Crippen MR) is 74.1 cm³/mol. The van der Waals surface area contributed by atoms with Crippen LogP contribution < -0.4 is 4.90 Å². The second kappa shape index (κ2) is 4.72. The molecule has 0 amide bonds. The Bertz CT molecular complexity index is 683. The summed E-state index contributed by atoms with van der Waals surface area (Å²) in [6, 6.07) is 2.00. The molecular weight excluding hydrogens is 240 g/mol. The third-order valence-electron chi connectivity index (χ3n) is 3.29. The molecule has 6 nitrogen and oxygen atoms in total. The van der Waals surface area contributed by atoms with Gasteiger partial charge in [0, 0.05) is 38.7 Å². The van der Waals surface area contributed by atoms with Gasteiger partial charge in [-0.15, -0.1) is 0 Å². The van der Waals surface area contributed by atoms with Gasteiger partial charge in [0.15, 0.2) is 0 Å². The van der Waals surface area contributed by atoms with Crippen LogP contribution in [0.3, 0.4) is 0 Å². The quantitative estimate of drug-likeness (QED) is 0.770. The van der Waals surface area contributed by atoms with Gasteiger partial charge < -0.3 is 14.5 Å². The molecule has 0 radical (unpaired) electrons. The van der Waals surface area contributed by atoms with E-state index in [0.717, 1.165) is 35.8 Å². The molecule has 3 aromatic heterocycles. The molecule has 0 spiro atoms. The highest BCUT2D eigenvalue weighted by Gasteiger charge is 2.09. The Morgan fingerprint density at radius 3 is 3.00 bits per heavy atom. The highest BCUT2D eigenvalue weighted by atomic mass is 15.2. The molecule has 0 aliphatic rings. The number of rotatable bonds is 4. The molecular formula is C13H16N6. The second-order valence-corrected chi connectivity index (χ2v) is 4.53. The normalized spacial score (nSPS) is 11.1. The van der Waals surface area contributed by atoms with E-state index < -0.39 is 0 Å². The maximum Gasteiger partial charge on any atom is 0.142 e. The molecule has 0 aliphatic carbocycles. The predicted octanol–water partition coefficient (Wildman–Crippen LogP) is 1.60. The van der Waals surface area contributed by atoms with E-state index in [0.29, 0.717) is 0 Å². The Balaban J connectivity index is 1.79. The maximum atomic E-state index is 4.37. The zero-order chi connectivity index (χ0) is 13.2. The van der Waals surface area contributed by atoms with Crippen molar-refractivity contribution in [3.05, 3.63) is 36.8 Å². The molecule has 19 heavy (non-hydrogen) atoms. The highest BCUT2D eigenvalue weighted by Crippen LogP contribution is 2.20. The van der Waals surface area contributed by atoms with Crippen LogP contribution in [0.15, 0.2) is 31.0 Å². The number of imidazole rings is 1. The molecule has 98 valence electrons. The van der Waals surface area contributed by atoms with E-state index in [4.69, 9.17) is 0 Å². The summed E-state index contributed by atoms with van der Waals surface area (Å²) in [6.45, 7) is 3.77. The fourth-order valence-corrected chi connectivity index (χ4v) is 2.17. The van der Waals surface area contributed by atoms with E-state index in [-0.39, 0.29) is 0 Å². The molecule has 0 aliphatic heterocycles. The van der Waals surface area contributed by atoms with Crippen LogP contribution in [0.4, 0.5) is 5.82 Å². The molecule has 0 fully saturated rings. The van der Waals surface area contributed by atoms with Crippen LogP contribution in [0.1, 0.15) is 5.82 Å². The van der Waals surface area contributed by atoms with Crippen molar-refractivity contribution in [3.63, 3.8) is 0 Å². The summed E-state index contributed by atoms with van der Waals surface area (Å²) in [6.07, 6.45) is 7.29. The first-order valence-electron chi connectivity index (χ1n) is 6.22. The van der Waals surface area contributed by atoms with Gasteiger partial charge in [-0.25, -0.2) is 15.0 Å². The Kier molecular flexibility index (Phi) is 2.91. The van der Waals surface area contributed by atoms with Crippen molar-refractivity contribution in [1.82, 2.24) is 24.5 Å². The van der Waals surface area contributed by atoms with Gasteiger partial charge >= 0.3 is 0 Å². The number of aryl methyl sites for hydroxylation is 1. The molecule has 0 aromatic carbocycles. The average molecular weight is 256 g/mol. The van der Waals surface area contributed by atoms with Crippen LogP contribution in [-0.2, 0) is 6.54 Å². The second-order valence-electron chi connectivity index (χ2n) is 4.53. The Hall–Kier alpha value is -2.37. The average Bonchev–Trinajstić information content (AvgIpc) is 3.04. The van der Waals surface area contributed by atoms with Crippen molar-refractivity contribution >= 4 is 16.9 Å². The van der Waals surface area contributed by atoms with Crippen molar-refractivity contribution in [2.24, 2.45) is 0 Å². The van der Waals surface area contributed by atoms with Gasteiger partial charge in [0.25, 0.3) is 0 Å². The summed E-state index contributed by atoms with van der Waals surface area (Å²) in [4.78, 5) is 18.0. The lowest BCUT2D eigenvalue weighted by Crippen LogP contribution is -2.24. The standard InChI is InChI=1S/C13H16N6/c1-10-14-5-6-19(10)8-7-18(2)13-11-3-4-15-12(11)16-9-17-13/h3-6,9H,7-8H2,1-2H3,(H,15,16,17). The molecule has 0 saturated carbocycles. The van der Waals surface area contributed by atoms with Gasteiger partial charge in [-0.3, -0.25) is 0 Å². The van der Waals surface area contributed by atoms with E-state index in [1.165, 1.54) is 0 Å². The number of nitrogens with one attached hydrogen (secondary N) is 1. The number of aromatic nitrogens is 5. The topological polar surface area (TPSA) is 62.6 Å². The van der Waals surface area contributed by atoms with Gasteiger partial charge in [-0.1, -0.05) is 0 Å². The SMILES string of the molecule is Cc1nccn1CCN(C)c1ncnc2[nH]ccc12. The van der Waals surface area contributed by atoms with Crippen molar-refractivity contribution in [2.75, 3.05) is 18.5 Å². The zero-order valence-corrected chi connectivity index (χ0v) is 11.0. The number of H-pyrrole nitrogens is 1. The Morgan fingerprint density at radius 2 is 2.21 bits per heavy atom. The number of hydrogen-bond acceptors (Lipinski definition) is 4. The molecule has 3 heterocycles. The minimum absolute atomic E-state index is 0.870. The number of aromatic amines is 1. The Morgan fingerprint density at radius 1 is 1.32 bits per heavy atom. The largest absolute Gasteiger partial charge is 0.357 e. The highest BCUT2D eigenvalue weighted by molar-refractivity contribution is 5.87. The number of likely N-dealkylation sites (N-methyl/N-ethyl adjacent to an activating group) is 1. The van der Waals surface area contributed by atoms with Crippen LogP contribution in [0, 0.1) is 6.92 Å². The van der Waals surface area contributed by atoms with Gasteiger partial charge in [0.05, 0.1) is 5.39 Å². The lowest BCUT2D eigenvalue weighted by atomic mass is 10.3. The molecule has 1 N–H and O–H groups in total. The molecule has 3 rings (SSSR count). The fraction of sp³-hybridized carbons (Fsp3) is 0.308. The van der Waals surface area contributed by atoms with E-state index >= 15 is 0 Å². The van der Waals surface area contributed by atoms with Crippen LogP contribution in [0.5, 0.6) is 0 Å². The maximum absolute atomic E-state index is 4.37.